The molecule has 0 aliphatic heterocycles. The summed E-state index contributed by atoms with van der Waals surface area (Å²) in [5.41, 5.74) is 7.63. The molecule has 120 valence electrons. The Kier molecular flexibility index (Phi) is 6.27. The summed E-state index contributed by atoms with van der Waals surface area (Å²) in [4.78, 5) is 25.7. The number of rotatable bonds is 6. The van der Waals surface area contributed by atoms with E-state index in [1.807, 2.05) is 0 Å². The van der Waals surface area contributed by atoms with Crippen molar-refractivity contribution in [1.82, 2.24) is 10.6 Å². The van der Waals surface area contributed by atoms with Crippen molar-refractivity contribution < 1.29 is 18.7 Å². The molecular weight excluding hydrogens is 290 g/mol. The Bertz CT molecular complexity index is 569. The van der Waals surface area contributed by atoms with Gasteiger partial charge in [0, 0.05) is 18.0 Å². The van der Waals surface area contributed by atoms with Crippen molar-refractivity contribution in [3.63, 3.8) is 0 Å². The van der Waals surface area contributed by atoms with E-state index >= 15 is 0 Å². The molecule has 0 fully saturated rings. The van der Waals surface area contributed by atoms with E-state index in [0.717, 1.165) is 0 Å². The van der Waals surface area contributed by atoms with Gasteiger partial charge in [-0.15, -0.1) is 0 Å². The van der Waals surface area contributed by atoms with Crippen LogP contribution in [0.15, 0.2) is 21.7 Å². The number of amides is 2. The number of azide groups is 1. The number of carbonyl (C=O) groups is 2. The summed E-state index contributed by atoms with van der Waals surface area (Å²) in [7, 11) is 0. The number of furan rings is 1. The molecule has 2 N–H and O–H groups in total. The van der Waals surface area contributed by atoms with Crippen molar-refractivity contribution >= 4 is 12.0 Å². The Hall–Kier alpha value is -2.67. The Labute approximate surface area is 127 Å². The van der Waals surface area contributed by atoms with Gasteiger partial charge in [-0.3, -0.25) is 4.79 Å². The fourth-order valence-electron chi connectivity index (χ4n) is 1.43. The fourth-order valence-corrected chi connectivity index (χ4v) is 1.43. The van der Waals surface area contributed by atoms with Gasteiger partial charge in [-0.2, -0.15) is 0 Å². The van der Waals surface area contributed by atoms with Crippen LogP contribution in [0.4, 0.5) is 4.79 Å². The summed E-state index contributed by atoms with van der Waals surface area (Å²) in [6.45, 7) is 5.79. The first-order valence-corrected chi connectivity index (χ1v) is 6.66. The first kappa shape index (κ1) is 17.4. The molecule has 1 aromatic rings. The lowest BCUT2D eigenvalue weighted by atomic mass is 10.2. The standard InChI is InChI=1S/C13H19N5O4/c1-13(2,3)22-12(20)16-7-6-15-11(19)10-5-4-9(21-10)8-17-18-14/h4-5H,6-8H2,1-3H3,(H,15,19)(H,16,20). The zero-order chi connectivity index (χ0) is 16.6. The van der Waals surface area contributed by atoms with Crippen LogP contribution < -0.4 is 10.6 Å². The molecule has 1 rings (SSSR count). The van der Waals surface area contributed by atoms with Crippen LogP contribution in [-0.4, -0.2) is 30.7 Å². The summed E-state index contributed by atoms with van der Waals surface area (Å²) >= 11 is 0. The number of alkyl carbamates (subject to hydrolysis) is 1. The van der Waals surface area contributed by atoms with E-state index in [1.165, 1.54) is 6.07 Å². The van der Waals surface area contributed by atoms with Gasteiger partial charge in [0.15, 0.2) is 5.76 Å². The smallest absolute Gasteiger partial charge is 0.407 e. The normalized spacial score (nSPS) is 10.5. The molecule has 0 bridgehead atoms. The molecule has 0 saturated heterocycles. The summed E-state index contributed by atoms with van der Waals surface area (Å²) in [5.74, 6) is 0.0911. The average molecular weight is 309 g/mol. The second-order valence-corrected chi connectivity index (χ2v) is 5.34. The minimum absolute atomic E-state index is 0.0456. The first-order chi connectivity index (χ1) is 10.3. The molecule has 0 saturated carbocycles. The Morgan fingerprint density at radius 2 is 2.00 bits per heavy atom. The lowest BCUT2D eigenvalue weighted by Gasteiger charge is -2.19. The average Bonchev–Trinajstić information content (AvgIpc) is 2.88. The molecule has 9 heteroatoms. The lowest BCUT2D eigenvalue weighted by molar-refractivity contribution is 0.0526. The van der Waals surface area contributed by atoms with E-state index in [9.17, 15) is 9.59 Å². The minimum atomic E-state index is -0.566. The molecule has 9 nitrogen and oxygen atoms in total. The van der Waals surface area contributed by atoms with Gasteiger partial charge in [0.1, 0.15) is 11.4 Å². The van der Waals surface area contributed by atoms with Crippen molar-refractivity contribution in [2.24, 2.45) is 5.11 Å². The van der Waals surface area contributed by atoms with Crippen LogP contribution in [0.1, 0.15) is 37.1 Å². The van der Waals surface area contributed by atoms with Crippen molar-refractivity contribution in [1.29, 1.82) is 0 Å². The first-order valence-electron chi connectivity index (χ1n) is 6.66. The number of hydrogen-bond acceptors (Lipinski definition) is 5. The van der Waals surface area contributed by atoms with Gasteiger partial charge < -0.3 is 19.8 Å². The minimum Gasteiger partial charge on any atom is -0.456 e. The van der Waals surface area contributed by atoms with Crippen LogP contribution in [0.25, 0.3) is 10.4 Å². The summed E-state index contributed by atoms with van der Waals surface area (Å²) in [5, 5.41) is 8.43. The Balaban J connectivity index is 2.30. The molecule has 0 aliphatic carbocycles. The van der Waals surface area contributed by atoms with E-state index < -0.39 is 17.6 Å². The maximum absolute atomic E-state index is 11.8. The van der Waals surface area contributed by atoms with Crippen LogP contribution >= 0.6 is 0 Å². The quantitative estimate of drug-likeness (QED) is 0.361. The second kappa shape index (κ2) is 7.94. The highest BCUT2D eigenvalue weighted by atomic mass is 16.6. The van der Waals surface area contributed by atoms with E-state index in [4.69, 9.17) is 14.7 Å². The van der Waals surface area contributed by atoms with Crippen LogP contribution in [-0.2, 0) is 11.3 Å². The van der Waals surface area contributed by atoms with Crippen molar-refractivity contribution in [2.75, 3.05) is 13.1 Å². The van der Waals surface area contributed by atoms with E-state index in [2.05, 4.69) is 20.7 Å². The van der Waals surface area contributed by atoms with Crippen molar-refractivity contribution in [3.8, 4) is 0 Å². The number of ether oxygens (including phenoxy) is 1. The fraction of sp³-hybridized carbons (Fsp3) is 0.538. The zero-order valence-electron chi connectivity index (χ0n) is 12.8. The van der Waals surface area contributed by atoms with Crippen LogP contribution in [0, 0.1) is 0 Å². The van der Waals surface area contributed by atoms with Crippen molar-refractivity contribution in [3.05, 3.63) is 34.1 Å². The van der Waals surface area contributed by atoms with E-state index in [1.54, 1.807) is 26.8 Å². The maximum Gasteiger partial charge on any atom is 0.407 e. The second-order valence-electron chi connectivity index (χ2n) is 5.34. The molecule has 0 aliphatic rings. The van der Waals surface area contributed by atoms with Crippen LogP contribution in [0.2, 0.25) is 0 Å². The highest BCUT2D eigenvalue weighted by Gasteiger charge is 2.15. The topological polar surface area (TPSA) is 129 Å². The zero-order valence-corrected chi connectivity index (χ0v) is 12.8. The molecule has 1 aromatic heterocycles. The molecule has 0 aromatic carbocycles. The Morgan fingerprint density at radius 1 is 1.32 bits per heavy atom. The van der Waals surface area contributed by atoms with Gasteiger partial charge in [-0.25, -0.2) is 4.79 Å². The van der Waals surface area contributed by atoms with E-state index in [0.29, 0.717) is 5.76 Å². The largest absolute Gasteiger partial charge is 0.456 e. The molecule has 22 heavy (non-hydrogen) atoms. The number of carbonyl (C=O) groups excluding carboxylic acids is 2. The highest BCUT2D eigenvalue weighted by molar-refractivity contribution is 5.91. The molecule has 1 heterocycles. The SMILES string of the molecule is CC(C)(C)OC(=O)NCCNC(=O)c1ccc(CN=[N+]=[N-])o1. The predicted octanol–water partition coefficient (Wildman–Crippen LogP) is 2.34. The summed E-state index contributed by atoms with van der Waals surface area (Å²) in [6, 6.07) is 3.04. The van der Waals surface area contributed by atoms with Crippen LogP contribution in [0.5, 0.6) is 0 Å². The predicted molar refractivity (Wildman–Crippen MR) is 78.1 cm³/mol. The van der Waals surface area contributed by atoms with Gasteiger partial charge in [0.25, 0.3) is 5.91 Å². The molecule has 0 spiro atoms. The number of nitrogens with zero attached hydrogens (tertiary/aromatic N) is 3. The third-order valence-corrected chi connectivity index (χ3v) is 2.25. The molecule has 2 amide bonds. The third-order valence-electron chi connectivity index (χ3n) is 2.25. The van der Waals surface area contributed by atoms with Gasteiger partial charge in [0.05, 0.1) is 6.54 Å². The maximum atomic E-state index is 11.8. The third kappa shape index (κ3) is 6.67. The Morgan fingerprint density at radius 3 is 2.64 bits per heavy atom. The van der Waals surface area contributed by atoms with Gasteiger partial charge in [-0.05, 0) is 38.4 Å². The number of hydrogen-bond donors (Lipinski definition) is 2. The van der Waals surface area contributed by atoms with Crippen LogP contribution in [0.3, 0.4) is 0 Å². The number of nitrogens with one attached hydrogen (secondary N) is 2. The molecule has 0 radical (unpaired) electrons. The summed E-state index contributed by atoms with van der Waals surface area (Å²) < 4.78 is 10.3. The van der Waals surface area contributed by atoms with Gasteiger partial charge in [0.2, 0.25) is 0 Å². The summed E-state index contributed by atoms with van der Waals surface area (Å²) in [6.07, 6.45) is -0.545. The molecular formula is C13H19N5O4. The molecule has 0 atom stereocenters. The monoisotopic (exact) mass is 309 g/mol. The van der Waals surface area contributed by atoms with Crippen molar-refractivity contribution in [2.45, 2.75) is 32.9 Å². The lowest BCUT2D eigenvalue weighted by Crippen LogP contribution is -2.37. The van der Waals surface area contributed by atoms with Gasteiger partial charge >= 0.3 is 6.09 Å². The molecule has 0 unspecified atom stereocenters. The van der Waals surface area contributed by atoms with Gasteiger partial charge in [-0.1, -0.05) is 5.11 Å². The van der Waals surface area contributed by atoms with E-state index in [-0.39, 0.29) is 25.4 Å². The highest BCUT2D eigenvalue weighted by Crippen LogP contribution is 2.09.